The Kier molecular flexibility index (Phi) is 10.6. The lowest BCUT2D eigenvalue weighted by Crippen LogP contribution is -2.47. The van der Waals surface area contributed by atoms with Crippen LogP contribution in [0.1, 0.15) is 78.2 Å². The van der Waals surface area contributed by atoms with E-state index in [2.05, 4.69) is 32.7 Å². The smallest absolute Gasteiger partial charge is 0.242 e. The normalized spacial score (nSPS) is 16.0. The summed E-state index contributed by atoms with van der Waals surface area (Å²) in [6.45, 7) is 11.0. The van der Waals surface area contributed by atoms with E-state index in [4.69, 9.17) is 10.5 Å². The largest absolute Gasteiger partial charge is 0.493 e. The van der Waals surface area contributed by atoms with E-state index in [-0.39, 0.29) is 18.4 Å². The van der Waals surface area contributed by atoms with Gasteiger partial charge in [-0.05, 0) is 43.2 Å². The third kappa shape index (κ3) is 8.37. The third-order valence-electron chi connectivity index (χ3n) is 7.17. The fourth-order valence-electron chi connectivity index (χ4n) is 5.23. The van der Waals surface area contributed by atoms with Crippen LogP contribution in [0.25, 0.3) is 0 Å². The molecule has 2 amide bonds. The Morgan fingerprint density at radius 1 is 1.08 bits per heavy atom. The van der Waals surface area contributed by atoms with Crippen molar-refractivity contribution in [2.24, 2.45) is 22.6 Å². The van der Waals surface area contributed by atoms with E-state index in [1.54, 1.807) is 0 Å². The highest BCUT2D eigenvalue weighted by Gasteiger charge is 2.26. The number of fused-ring (bicyclic) bond motifs is 1. The summed E-state index contributed by atoms with van der Waals surface area (Å²) in [5.41, 5.74) is 7.96. The molecule has 37 heavy (non-hydrogen) atoms. The minimum Gasteiger partial charge on any atom is -0.493 e. The molecule has 0 spiro atoms. The average molecular weight is 514 g/mol. The van der Waals surface area contributed by atoms with Gasteiger partial charge in [0.1, 0.15) is 12.3 Å². The maximum absolute atomic E-state index is 13.2. The summed E-state index contributed by atoms with van der Waals surface area (Å²) < 4.78 is 6.12. The lowest BCUT2D eigenvalue weighted by molar-refractivity contribution is -0.133. The number of aliphatic imine (C=N–C) groups is 1. The maximum atomic E-state index is 13.2. The van der Waals surface area contributed by atoms with Crippen molar-refractivity contribution in [2.75, 3.05) is 33.3 Å². The monoisotopic (exact) mass is 513 g/mol. The molecule has 3 rings (SSSR count). The molecule has 8 nitrogen and oxygen atoms in total. The molecule has 0 saturated heterocycles. The van der Waals surface area contributed by atoms with Gasteiger partial charge in [0.05, 0.1) is 18.8 Å². The summed E-state index contributed by atoms with van der Waals surface area (Å²) in [6, 6.07) is 6.13. The number of carbonyl (C=O) groups excluding carboxylic acids is 2. The summed E-state index contributed by atoms with van der Waals surface area (Å²) >= 11 is 0. The average Bonchev–Trinajstić information content (AvgIpc) is 2.86. The Bertz CT molecular complexity index is 929. The first-order chi connectivity index (χ1) is 17.7. The zero-order valence-electron chi connectivity index (χ0n) is 23.5. The zero-order valence-corrected chi connectivity index (χ0v) is 23.5. The Balaban J connectivity index is 1.57. The molecule has 2 aliphatic rings. The van der Waals surface area contributed by atoms with Gasteiger partial charge in [-0.25, -0.2) is 4.99 Å². The molecule has 0 radical (unpaired) electrons. The van der Waals surface area contributed by atoms with E-state index < -0.39 is 0 Å². The molecule has 1 aliphatic carbocycles. The molecular formula is C29H47N5O3. The Hall–Kier alpha value is -2.77. The number of ether oxygens (including phenoxy) is 1. The molecule has 0 atom stereocenters. The highest BCUT2D eigenvalue weighted by molar-refractivity contribution is 5.89. The number of benzene rings is 1. The minimum atomic E-state index is 0.0583. The van der Waals surface area contributed by atoms with Crippen LogP contribution < -0.4 is 10.5 Å². The Morgan fingerprint density at radius 2 is 1.76 bits per heavy atom. The summed E-state index contributed by atoms with van der Waals surface area (Å²) in [5.74, 6) is 2.13. The molecule has 1 aromatic carbocycles. The van der Waals surface area contributed by atoms with E-state index in [0.717, 1.165) is 42.9 Å². The van der Waals surface area contributed by atoms with Crippen molar-refractivity contribution in [2.45, 2.75) is 85.2 Å². The highest BCUT2D eigenvalue weighted by Crippen LogP contribution is 2.33. The minimum absolute atomic E-state index is 0.0583. The van der Waals surface area contributed by atoms with Crippen LogP contribution in [-0.4, -0.2) is 71.8 Å². The van der Waals surface area contributed by atoms with Crippen LogP contribution in [0.3, 0.4) is 0 Å². The molecule has 0 unspecified atom stereocenters. The van der Waals surface area contributed by atoms with Crippen molar-refractivity contribution in [1.82, 2.24) is 14.7 Å². The molecule has 1 saturated carbocycles. The number of hydrogen-bond donors (Lipinski definition) is 1. The summed E-state index contributed by atoms with van der Waals surface area (Å²) in [5, 5.41) is 0. The first kappa shape index (κ1) is 28.8. The van der Waals surface area contributed by atoms with Gasteiger partial charge in [-0.2, -0.15) is 0 Å². The molecule has 1 aliphatic heterocycles. The second-order valence-electron chi connectivity index (χ2n) is 11.4. The van der Waals surface area contributed by atoms with E-state index in [1.165, 1.54) is 19.3 Å². The molecule has 8 heteroatoms. The molecule has 0 aromatic heterocycles. The molecule has 1 fully saturated rings. The van der Waals surface area contributed by atoms with Crippen LogP contribution >= 0.6 is 0 Å². The van der Waals surface area contributed by atoms with Crippen LogP contribution in [0.4, 0.5) is 5.69 Å². The Morgan fingerprint density at radius 3 is 2.41 bits per heavy atom. The van der Waals surface area contributed by atoms with Crippen LogP contribution in [0.15, 0.2) is 23.2 Å². The van der Waals surface area contributed by atoms with Gasteiger partial charge in [0.15, 0.2) is 5.96 Å². The number of amides is 2. The first-order valence-corrected chi connectivity index (χ1v) is 14.0. The molecule has 0 bridgehead atoms. The fraction of sp³-hybridized carbons (Fsp3) is 0.690. The quantitative estimate of drug-likeness (QED) is 0.414. The predicted molar refractivity (Wildman–Crippen MR) is 149 cm³/mol. The number of nitrogens with zero attached hydrogens (tertiary/aromatic N) is 4. The third-order valence-corrected chi connectivity index (χ3v) is 7.17. The molecular weight excluding hydrogens is 466 g/mol. The van der Waals surface area contributed by atoms with Crippen LogP contribution in [-0.2, 0) is 16.1 Å². The topological polar surface area (TPSA) is 91.5 Å². The van der Waals surface area contributed by atoms with Crippen molar-refractivity contribution >= 4 is 23.5 Å². The summed E-state index contributed by atoms with van der Waals surface area (Å²) in [7, 11) is 1.94. The van der Waals surface area contributed by atoms with Crippen molar-refractivity contribution in [3.63, 3.8) is 0 Å². The van der Waals surface area contributed by atoms with Gasteiger partial charge in [0, 0.05) is 38.2 Å². The van der Waals surface area contributed by atoms with Crippen LogP contribution in [0.5, 0.6) is 5.75 Å². The molecule has 1 heterocycles. The summed E-state index contributed by atoms with van der Waals surface area (Å²) in [4.78, 5) is 36.1. The number of rotatable bonds is 12. The maximum Gasteiger partial charge on any atom is 0.242 e. The van der Waals surface area contributed by atoms with Gasteiger partial charge in [0.25, 0.3) is 0 Å². The van der Waals surface area contributed by atoms with Gasteiger partial charge < -0.3 is 25.2 Å². The van der Waals surface area contributed by atoms with Crippen molar-refractivity contribution in [3.8, 4) is 5.75 Å². The molecule has 2 N–H and O–H groups in total. The fourth-order valence-corrected chi connectivity index (χ4v) is 5.23. The van der Waals surface area contributed by atoms with Crippen LogP contribution in [0, 0.1) is 11.8 Å². The zero-order chi connectivity index (χ0) is 26.9. The van der Waals surface area contributed by atoms with E-state index in [1.807, 2.05) is 39.9 Å². The van der Waals surface area contributed by atoms with Gasteiger partial charge in [-0.3, -0.25) is 9.59 Å². The standard InChI is InChI=1S/C29H47N5O3/c1-21(2)17-33(18-22(3)4)28(36)20-34-19-24-25(31-29(34)30)13-9-14-26(24)37-16-10-15-27(35)32(5)23-11-7-6-8-12-23/h9,13-14,21-23H,6-8,10-12,15-20H2,1-5H3,(H2,30,31). The lowest BCUT2D eigenvalue weighted by Gasteiger charge is -2.32. The van der Waals surface area contributed by atoms with Crippen molar-refractivity contribution in [3.05, 3.63) is 23.8 Å². The second-order valence-corrected chi connectivity index (χ2v) is 11.4. The second kappa shape index (κ2) is 13.7. The van der Waals surface area contributed by atoms with Gasteiger partial charge >= 0.3 is 0 Å². The Labute approximate surface area is 223 Å². The van der Waals surface area contributed by atoms with E-state index in [9.17, 15) is 9.59 Å². The predicted octanol–water partition coefficient (Wildman–Crippen LogP) is 4.54. The molecule has 1 aromatic rings. The van der Waals surface area contributed by atoms with Gasteiger partial charge in [-0.1, -0.05) is 53.0 Å². The van der Waals surface area contributed by atoms with Crippen molar-refractivity contribution in [1.29, 1.82) is 0 Å². The molecule has 206 valence electrons. The number of hydrogen-bond acceptors (Lipinski definition) is 6. The SMILES string of the molecule is CC(C)CN(CC(C)C)C(=O)CN1Cc2c(cccc2OCCCC(=O)N(C)C2CCCCC2)N=C1N. The van der Waals surface area contributed by atoms with E-state index >= 15 is 0 Å². The summed E-state index contributed by atoms with van der Waals surface area (Å²) in [6.07, 6.45) is 7.08. The number of carbonyl (C=O) groups is 2. The van der Waals surface area contributed by atoms with E-state index in [0.29, 0.717) is 49.8 Å². The van der Waals surface area contributed by atoms with Gasteiger partial charge in [0.2, 0.25) is 11.8 Å². The van der Waals surface area contributed by atoms with Gasteiger partial charge in [-0.15, -0.1) is 0 Å². The first-order valence-electron chi connectivity index (χ1n) is 14.0. The highest BCUT2D eigenvalue weighted by atomic mass is 16.5. The lowest BCUT2D eigenvalue weighted by atomic mass is 9.94. The number of guanidine groups is 1. The number of nitrogens with two attached hydrogens (primary N) is 1. The van der Waals surface area contributed by atoms with Crippen molar-refractivity contribution < 1.29 is 14.3 Å². The van der Waals surface area contributed by atoms with Crippen LogP contribution in [0.2, 0.25) is 0 Å².